The van der Waals surface area contributed by atoms with Crippen LogP contribution in [0.4, 0.5) is 0 Å². The molecule has 5 heteroatoms. The van der Waals surface area contributed by atoms with Gasteiger partial charge in [0.05, 0.1) is 7.11 Å². The Morgan fingerprint density at radius 2 is 1.92 bits per heavy atom. The Morgan fingerprint density at radius 1 is 1.17 bits per heavy atom. The van der Waals surface area contributed by atoms with E-state index in [2.05, 4.69) is 6.07 Å². The quantitative estimate of drug-likeness (QED) is 0.849. The second-order valence-corrected chi connectivity index (χ2v) is 8.25. The van der Waals surface area contributed by atoms with Gasteiger partial charge in [0.15, 0.2) is 0 Å². The Labute approximate surface area is 144 Å². The highest BCUT2D eigenvalue weighted by Crippen LogP contribution is 2.38. The predicted octanol–water partition coefficient (Wildman–Crippen LogP) is 3.70. The predicted molar refractivity (Wildman–Crippen MR) is 94.8 cm³/mol. The third kappa shape index (κ3) is 2.94. The molecule has 0 fully saturated rings. The molecule has 0 radical (unpaired) electrons. The molecule has 0 spiro atoms. The van der Waals surface area contributed by atoms with Gasteiger partial charge in [0.1, 0.15) is 10.6 Å². The molecule has 2 aromatic carbocycles. The van der Waals surface area contributed by atoms with Gasteiger partial charge in [-0.3, -0.25) is 0 Å². The summed E-state index contributed by atoms with van der Waals surface area (Å²) >= 11 is 0. The summed E-state index contributed by atoms with van der Waals surface area (Å²) < 4.78 is 33.2. The van der Waals surface area contributed by atoms with Crippen molar-refractivity contribution in [2.75, 3.05) is 14.2 Å². The maximum atomic E-state index is 13.2. The number of rotatable bonds is 4. The highest BCUT2D eigenvalue weighted by Gasteiger charge is 2.33. The van der Waals surface area contributed by atoms with E-state index >= 15 is 0 Å². The first-order chi connectivity index (χ1) is 11.4. The third-order valence-electron chi connectivity index (χ3n) is 4.75. The molecule has 0 saturated heterocycles. The van der Waals surface area contributed by atoms with Crippen molar-refractivity contribution in [3.8, 4) is 5.75 Å². The van der Waals surface area contributed by atoms with E-state index in [-0.39, 0.29) is 10.9 Å². The maximum Gasteiger partial charge on any atom is 0.247 e. The van der Waals surface area contributed by atoms with Gasteiger partial charge < -0.3 is 4.74 Å². The molecule has 1 atom stereocenters. The number of sulfonamides is 1. The number of benzene rings is 2. The molecule has 0 bridgehead atoms. The van der Waals surface area contributed by atoms with Gasteiger partial charge in [0.25, 0.3) is 0 Å². The number of aryl methyl sites for hydroxylation is 2. The maximum absolute atomic E-state index is 13.2. The third-order valence-corrected chi connectivity index (χ3v) is 6.64. The van der Waals surface area contributed by atoms with Crippen LogP contribution in [0.5, 0.6) is 5.75 Å². The van der Waals surface area contributed by atoms with Gasteiger partial charge in [-0.2, -0.15) is 4.31 Å². The Bertz CT molecular complexity index is 845. The van der Waals surface area contributed by atoms with Crippen LogP contribution in [0.1, 0.15) is 35.6 Å². The summed E-state index contributed by atoms with van der Waals surface area (Å²) in [7, 11) is -0.468. The van der Waals surface area contributed by atoms with E-state index in [1.54, 1.807) is 19.2 Å². The lowest BCUT2D eigenvalue weighted by atomic mass is 9.88. The molecule has 3 rings (SSSR count). The lowest BCUT2D eigenvalue weighted by Gasteiger charge is -2.32. The van der Waals surface area contributed by atoms with Gasteiger partial charge in [-0.1, -0.05) is 30.3 Å². The normalized spacial score (nSPS) is 17.6. The second kappa shape index (κ2) is 6.57. The molecule has 0 aliphatic heterocycles. The summed E-state index contributed by atoms with van der Waals surface area (Å²) in [5.74, 6) is 0.386. The van der Waals surface area contributed by atoms with Gasteiger partial charge >= 0.3 is 0 Å². The summed E-state index contributed by atoms with van der Waals surface area (Å²) in [6.07, 6.45) is 2.84. The van der Waals surface area contributed by atoms with Crippen LogP contribution in [0.3, 0.4) is 0 Å². The molecule has 0 N–H and O–H groups in total. The first-order valence-corrected chi connectivity index (χ1v) is 9.59. The molecule has 2 aromatic rings. The fourth-order valence-corrected chi connectivity index (χ4v) is 5.02. The van der Waals surface area contributed by atoms with E-state index < -0.39 is 10.0 Å². The van der Waals surface area contributed by atoms with Gasteiger partial charge in [-0.15, -0.1) is 0 Å². The van der Waals surface area contributed by atoms with E-state index in [1.165, 1.54) is 17.0 Å². The zero-order chi connectivity index (χ0) is 17.3. The first-order valence-electron chi connectivity index (χ1n) is 8.15. The zero-order valence-corrected chi connectivity index (χ0v) is 15.1. The summed E-state index contributed by atoms with van der Waals surface area (Å²) in [5, 5.41) is 0. The Balaban J connectivity index is 2.04. The Kier molecular flexibility index (Phi) is 4.65. The largest absolute Gasteiger partial charge is 0.495 e. The van der Waals surface area contributed by atoms with Crippen LogP contribution in [0.15, 0.2) is 47.4 Å². The van der Waals surface area contributed by atoms with Crippen molar-refractivity contribution in [2.45, 2.75) is 37.1 Å². The smallest absolute Gasteiger partial charge is 0.247 e. The van der Waals surface area contributed by atoms with Crippen molar-refractivity contribution in [3.63, 3.8) is 0 Å². The highest BCUT2D eigenvalue weighted by molar-refractivity contribution is 7.89. The average Bonchev–Trinajstić information content (AvgIpc) is 2.60. The van der Waals surface area contributed by atoms with Crippen LogP contribution in [0, 0.1) is 6.92 Å². The minimum atomic E-state index is -3.64. The van der Waals surface area contributed by atoms with Crippen LogP contribution in [0.2, 0.25) is 0 Å². The molecule has 0 heterocycles. The average molecular weight is 345 g/mol. The topological polar surface area (TPSA) is 46.6 Å². The van der Waals surface area contributed by atoms with Crippen molar-refractivity contribution in [1.29, 1.82) is 0 Å². The number of fused-ring (bicyclic) bond motifs is 1. The highest BCUT2D eigenvalue weighted by atomic mass is 32.2. The van der Waals surface area contributed by atoms with Crippen LogP contribution in [0.25, 0.3) is 0 Å². The van der Waals surface area contributed by atoms with Crippen molar-refractivity contribution in [3.05, 3.63) is 59.2 Å². The second-order valence-electron chi connectivity index (χ2n) is 6.28. The van der Waals surface area contributed by atoms with Crippen LogP contribution >= 0.6 is 0 Å². The van der Waals surface area contributed by atoms with Gasteiger partial charge in [0, 0.05) is 13.1 Å². The Hall–Kier alpha value is -1.85. The summed E-state index contributed by atoms with van der Waals surface area (Å²) in [4.78, 5) is 0.232. The summed E-state index contributed by atoms with van der Waals surface area (Å²) in [6, 6.07) is 13.2. The molecule has 24 heavy (non-hydrogen) atoms. The van der Waals surface area contributed by atoms with E-state index in [4.69, 9.17) is 4.74 Å². The molecule has 0 saturated carbocycles. The van der Waals surface area contributed by atoms with Crippen LogP contribution in [-0.4, -0.2) is 26.9 Å². The fourth-order valence-electron chi connectivity index (χ4n) is 3.41. The SMILES string of the molecule is COc1ccc(C)cc1S(=O)(=O)N(C)[C@@H]1CCCc2ccccc21. The minimum absolute atomic E-state index is 0.134. The van der Waals surface area contributed by atoms with Crippen molar-refractivity contribution in [2.24, 2.45) is 0 Å². The molecule has 0 aromatic heterocycles. The Morgan fingerprint density at radius 3 is 2.67 bits per heavy atom. The lowest BCUT2D eigenvalue weighted by molar-refractivity contribution is 0.334. The van der Waals surface area contributed by atoms with Crippen LogP contribution in [-0.2, 0) is 16.4 Å². The summed E-state index contributed by atoms with van der Waals surface area (Å²) in [5.41, 5.74) is 3.25. The molecular weight excluding hydrogens is 322 g/mol. The van der Waals surface area contributed by atoms with Gasteiger partial charge in [0.2, 0.25) is 10.0 Å². The van der Waals surface area contributed by atoms with Crippen molar-refractivity contribution < 1.29 is 13.2 Å². The molecule has 1 aliphatic rings. The fraction of sp³-hybridized carbons (Fsp3) is 0.368. The minimum Gasteiger partial charge on any atom is -0.495 e. The van der Waals surface area contributed by atoms with Crippen LogP contribution < -0.4 is 4.74 Å². The molecule has 1 aliphatic carbocycles. The lowest BCUT2D eigenvalue weighted by Crippen LogP contribution is -2.33. The zero-order valence-electron chi connectivity index (χ0n) is 14.3. The molecule has 0 amide bonds. The molecule has 0 unspecified atom stereocenters. The number of methoxy groups -OCH3 is 1. The molecule has 128 valence electrons. The van der Waals surface area contributed by atoms with E-state index in [0.717, 1.165) is 30.4 Å². The number of nitrogens with zero attached hydrogens (tertiary/aromatic N) is 1. The monoisotopic (exact) mass is 345 g/mol. The standard InChI is InChI=1S/C19H23NO3S/c1-14-11-12-18(23-3)19(13-14)24(21,22)20(2)17-10-6-8-15-7-4-5-9-16(15)17/h4-5,7,9,11-13,17H,6,8,10H2,1-3H3/t17-/m1/s1. The van der Waals surface area contributed by atoms with Crippen molar-refractivity contribution in [1.82, 2.24) is 4.31 Å². The van der Waals surface area contributed by atoms with E-state index in [1.807, 2.05) is 31.2 Å². The number of hydrogen-bond donors (Lipinski definition) is 0. The number of ether oxygens (including phenoxy) is 1. The van der Waals surface area contributed by atoms with Crippen molar-refractivity contribution >= 4 is 10.0 Å². The first kappa shape index (κ1) is 17.0. The molecule has 4 nitrogen and oxygen atoms in total. The molecular formula is C19H23NO3S. The van der Waals surface area contributed by atoms with Gasteiger partial charge in [-0.25, -0.2) is 8.42 Å². The van der Waals surface area contributed by atoms with Gasteiger partial charge in [-0.05, 0) is 55.0 Å². The number of hydrogen-bond acceptors (Lipinski definition) is 3. The van der Waals surface area contributed by atoms with E-state index in [9.17, 15) is 8.42 Å². The summed E-state index contributed by atoms with van der Waals surface area (Å²) in [6.45, 7) is 1.88. The van der Waals surface area contributed by atoms with E-state index in [0.29, 0.717) is 5.75 Å².